The van der Waals surface area contributed by atoms with Crippen molar-refractivity contribution in [3.63, 3.8) is 0 Å². The Hall–Kier alpha value is -1.07. The molecular formula is C11H12N3S2Si. The van der Waals surface area contributed by atoms with E-state index in [0.29, 0.717) is 5.11 Å². The molecule has 0 heterocycles. The van der Waals surface area contributed by atoms with Crippen LogP contribution in [-0.2, 0) is 0 Å². The summed E-state index contributed by atoms with van der Waals surface area (Å²) in [6.45, 7) is 0.850. The van der Waals surface area contributed by atoms with Gasteiger partial charge in [0.1, 0.15) is 0 Å². The molecule has 0 amide bonds. The molecule has 0 aliphatic rings. The van der Waals surface area contributed by atoms with Crippen LogP contribution in [0.1, 0.15) is 6.42 Å². The first-order chi connectivity index (χ1) is 8.26. The number of aliphatic imine (C=N–C) groups is 1. The summed E-state index contributed by atoms with van der Waals surface area (Å²) < 4.78 is 0. The predicted molar refractivity (Wildman–Crippen MR) is 80.5 cm³/mol. The van der Waals surface area contributed by atoms with Crippen LogP contribution in [0.3, 0.4) is 0 Å². The molecule has 0 aliphatic carbocycles. The summed E-state index contributed by atoms with van der Waals surface area (Å²) in [4.78, 5) is 3.87. The number of anilines is 1. The molecule has 87 valence electrons. The van der Waals surface area contributed by atoms with E-state index in [4.69, 9.17) is 12.2 Å². The van der Waals surface area contributed by atoms with Crippen LogP contribution >= 0.6 is 24.4 Å². The molecule has 0 saturated carbocycles. The quantitative estimate of drug-likeness (QED) is 0.376. The number of nitrogens with zero attached hydrogens (tertiary/aromatic N) is 1. The molecule has 3 radical (unpaired) electrons. The Morgan fingerprint density at radius 2 is 2.06 bits per heavy atom. The van der Waals surface area contributed by atoms with E-state index in [2.05, 4.69) is 43.2 Å². The molecule has 0 spiro atoms. The topological polar surface area (TPSA) is 36.4 Å². The first-order valence-electron chi connectivity index (χ1n) is 5.13. The number of hydrogen-bond acceptors (Lipinski definition) is 3. The summed E-state index contributed by atoms with van der Waals surface area (Å²) in [6, 6.07) is 8.44. The minimum Gasteiger partial charge on any atom is -0.362 e. The van der Waals surface area contributed by atoms with E-state index in [1.54, 1.807) is 0 Å². The number of rotatable bonds is 5. The number of benzene rings is 1. The summed E-state index contributed by atoms with van der Waals surface area (Å²) in [5.41, 5.74) is 1.70. The van der Waals surface area contributed by atoms with Crippen molar-refractivity contribution in [2.24, 2.45) is 4.99 Å². The molecule has 0 saturated heterocycles. The van der Waals surface area contributed by atoms with Crippen LogP contribution < -0.4 is 10.6 Å². The standard InChI is InChI=1S/C11H12N3S2Si/c15-8-13-9-2-4-10(5-3-9)14-11(16)12-6-1-7-17/h2-5H,1,6-7H2,(H2,12,14,16). The lowest BCUT2D eigenvalue weighted by atomic mass is 10.3. The van der Waals surface area contributed by atoms with E-state index < -0.39 is 0 Å². The van der Waals surface area contributed by atoms with Crippen LogP contribution in [0.15, 0.2) is 29.3 Å². The zero-order valence-electron chi connectivity index (χ0n) is 9.19. The van der Waals surface area contributed by atoms with Crippen molar-refractivity contribution < 1.29 is 0 Å². The van der Waals surface area contributed by atoms with Gasteiger partial charge in [0.05, 0.1) is 10.8 Å². The lowest BCUT2D eigenvalue weighted by Gasteiger charge is -2.09. The zero-order chi connectivity index (χ0) is 12.5. The van der Waals surface area contributed by atoms with Gasteiger partial charge in [-0.05, 0) is 55.1 Å². The maximum Gasteiger partial charge on any atom is 0.170 e. The van der Waals surface area contributed by atoms with Gasteiger partial charge in [-0.3, -0.25) is 0 Å². The molecule has 0 fully saturated rings. The van der Waals surface area contributed by atoms with Crippen LogP contribution in [-0.4, -0.2) is 27.1 Å². The minimum atomic E-state index is 0.621. The summed E-state index contributed by atoms with van der Waals surface area (Å²) in [5.74, 6) is 0. The Morgan fingerprint density at radius 1 is 1.35 bits per heavy atom. The highest BCUT2D eigenvalue weighted by Crippen LogP contribution is 2.15. The molecular weight excluding hydrogens is 266 g/mol. The molecule has 1 rings (SSSR count). The van der Waals surface area contributed by atoms with Crippen molar-refractivity contribution in [3.8, 4) is 0 Å². The van der Waals surface area contributed by atoms with Gasteiger partial charge >= 0.3 is 0 Å². The highest BCUT2D eigenvalue weighted by atomic mass is 32.1. The molecule has 3 nitrogen and oxygen atoms in total. The molecule has 1 aromatic carbocycles. The molecule has 0 atom stereocenters. The summed E-state index contributed by atoms with van der Waals surface area (Å²) in [6.07, 6.45) is 1.03. The van der Waals surface area contributed by atoms with Crippen LogP contribution in [0.5, 0.6) is 0 Å². The monoisotopic (exact) mass is 278 g/mol. The number of hydrogen-bond donors (Lipinski definition) is 2. The van der Waals surface area contributed by atoms with Gasteiger partial charge in [0.2, 0.25) is 0 Å². The Morgan fingerprint density at radius 3 is 2.65 bits per heavy atom. The highest BCUT2D eigenvalue weighted by molar-refractivity contribution is 7.80. The van der Waals surface area contributed by atoms with Crippen LogP contribution in [0.25, 0.3) is 0 Å². The summed E-state index contributed by atoms with van der Waals surface area (Å²) >= 11 is 9.67. The van der Waals surface area contributed by atoms with Crippen molar-refractivity contribution >= 4 is 56.3 Å². The molecule has 0 aromatic heterocycles. The largest absolute Gasteiger partial charge is 0.362 e. The van der Waals surface area contributed by atoms with Crippen molar-refractivity contribution in [1.82, 2.24) is 5.32 Å². The SMILES string of the molecule is [Si]CCCNC(=S)Nc1ccc(N=C=S)cc1. The normalized spacial score (nSPS) is 9.24. The van der Waals surface area contributed by atoms with Gasteiger partial charge in [0, 0.05) is 22.5 Å². The molecule has 1 aromatic rings. The van der Waals surface area contributed by atoms with Gasteiger partial charge < -0.3 is 10.6 Å². The van der Waals surface area contributed by atoms with Crippen molar-refractivity contribution in [2.75, 3.05) is 11.9 Å². The lowest BCUT2D eigenvalue weighted by molar-refractivity contribution is 0.845. The number of nitrogens with one attached hydrogen (secondary N) is 2. The maximum atomic E-state index is 5.14. The van der Waals surface area contributed by atoms with E-state index >= 15 is 0 Å². The third-order valence-corrected chi connectivity index (χ3v) is 2.63. The second-order valence-electron chi connectivity index (χ2n) is 3.23. The zero-order valence-corrected chi connectivity index (χ0v) is 11.8. The summed E-state index contributed by atoms with van der Waals surface area (Å²) in [5, 5.41) is 9.14. The van der Waals surface area contributed by atoms with E-state index in [0.717, 1.165) is 30.4 Å². The van der Waals surface area contributed by atoms with Crippen molar-refractivity contribution in [1.29, 1.82) is 0 Å². The molecule has 17 heavy (non-hydrogen) atoms. The van der Waals surface area contributed by atoms with Crippen LogP contribution in [0.2, 0.25) is 6.04 Å². The predicted octanol–water partition coefficient (Wildman–Crippen LogP) is 2.68. The summed E-state index contributed by atoms with van der Waals surface area (Å²) in [7, 11) is 3.41. The van der Waals surface area contributed by atoms with Gasteiger partial charge in [-0.2, -0.15) is 4.99 Å². The second kappa shape index (κ2) is 8.08. The van der Waals surface area contributed by atoms with Crippen LogP contribution in [0.4, 0.5) is 11.4 Å². The van der Waals surface area contributed by atoms with Gasteiger partial charge in [-0.15, -0.1) is 0 Å². The van der Waals surface area contributed by atoms with Crippen LogP contribution in [0, 0.1) is 0 Å². The van der Waals surface area contributed by atoms with E-state index in [1.807, 2.05) is 24.3 Å². The third-order valence-electron chi connectivity index (χ3n) is 1.94. The minimum absolute atomic E-state index is 0.621. The fraction of sp³-hybridized carbons (Fsp3) is 0.273. The van der Waals surface area contributed by atoms with Crippen molar-refractivity contribution in [3.05, 3.63) is 24.3 Å². The van der Waals surface area contributed by atoms with Crippen molar-refractivity contribution in [2.45, 2.75) is 12.5 Å². The van der Waals surface area contributed by atoms with Gasteiger partial charge in [-0.1, -0.05) is 6.04 Å². The van der Waals surface area contributed by atoms with Gasteiger partial charge in [0.25, 0.3) is 0 Å². The Balaban J connectivity index is 2.45. The maximum absolute atomic E-state index is 5.14. The van der Waals surface area contributed by atoms with E-state index in [-0.39, 0.29) is 0 Å². The Kier molecular flexibility index (Phi) is 6.65. The molecule has 2 N–H and O–H groups in total. The molecule has 6 heteroatoms. The number of thiocarbonyl (C=S) groups is 2. The fourth-order valence-electron chi connectivity index (χ4n) is 1.14. The van der Waals surface area contributed by atoms with Gasteiger partial charge in [-0.25, -0.2) is 0 Å². The van der Waals surface area contributed by atoms with E-state index in [9.17, 15) is 0 Å². The molecule has 0 unspecified atom stereocenters. The average molecular weight is 278 g/mol. The first kappa shape index (κ1) is 14.0. The van der Waals surface area contributed by atoms with E-state index in [1.165, 1.54) is 0 Å². The Bertz CT molecular complexity index is 413. The Labute approximate surface area is 115 Å². The molecule has 0 bridgehead atoms. The average Bonchev–Trinajstić information content (AvgIpc) is 2.32. The molecule has 0 aliphatic heterocycles. The lowest BCUT2D eigenvalue weighted by Crippen LogP contribution is -2.29. The third kappa shape index (κ3) is 5.70. The smallest absolute Gasteiger partial charge is 0.170 e. The highest BCUT2D eigenvalue weighted by Gasteiger charge is 1.96. The fourth-order valence-corrected chi connectivity index (χ4v) is 1.64. The van der Waals surface area contributed by atoms with Gasteiger partial charge in [0.15, 0.2) is 5.11 Å². The second-order valence-corrected chi connectivity index (χ2v) is 4.33. The first-order valence-corrected chi connectivity index (χ1v) is 6.66. The number of isothiocyanates is 1.